The van der Waals surface area contributed by atoms with Gasteiger partial charge >= 0.3 is 0 Å². The zero-order chi connectivity index (χ0) is 22.0. The van der Waals surface area contributed by atoms with E-state index < -0.39 is 0 Å². The van der Waals surface area contributed by atoms with E-state index in [1.54, 1.807) is 0 Å². The van der Waals surface area contributed by atoms with E-state index in [4.69, 9.17) is 9.73 Å². The average Bonchev–Trinajstić information content (AvgIpc) is 3.16. The summed E-state index contributed by atoms with van der Waals surface area (Å²) in [5, 5.41) is 15.6. The number of amidine groups is 1. The SMILES string of the molecule is CC(C)CNC1=CC(NC(C)(C)C)=NC2C=C(c3ccnn3C3CCCCO3)SC1N2. The van der Waals surface area contributed by atoms with Gasteiger partial charge in [-0.2, -0.15) is 5.10 Å². The number of aliphatic imine (C=N–C) groups is 1. The summed E-state index contributed by atoms with van der Waals surface area (Å²) in [4.78, 5) is 6.18. The molecule has 4 heterocycles. The number of hydrogen-bond acceptors (Lipinski definition) is 7. The Hall–Kier alpha value is -1.77. The summed E-state index contributed by atoms with van der Waals surface area (Å²) in [6, 6.07) is 2.09. The molecule has 3 N–H and O–H groups in total. The summed E-state index contributed by atoms with van der Waals surface area (Å²) >= 11 is 1.82. The van der Waals surface area contributed by atoms with Gasteiger partial charge in [-0.1, -0.05) is 25.6 Å². The number of aromatic nitrogens is 2. The Morgan fingerprint density at radius 2 is 2.16 bits per heavy atom. The van der Waals surface area contributed by atoms with Crippen molar-refractivity contribution >= 4 is 22.5 Å². The molecule has 3 atom stereocenters. The van der Waals surface area contributed by atoms with Crippen LogP contribution >= 0.6 is 11.8 Å². The molecule has 2 bridgehead atoms. The number of ether oxygens (including phenoxy) is 1. The molecule has 0 aromatic carbocycles. The largest absolute Gasteiger partial charge is 0.386 e. The van der Waals surface area contributed by atoms with Crippen molar-refractivity contribution in [3.05, 3.63) is 35.8 Å². The monoisotopic (exact) mass is 444 g/mol. The van der Waals surface area contributed by atoms with Crippen molar-refractivity contribution in [2.75, 3.05) is 13.2 Å². The van der Waals surface area contributed by atoms with E-state index >= 15 is 0 Å². The van der Waals surface area contributed by atoms with Gasteiger partial charge in [-0.3, -0.25) is 5.32 Å². The van der Waals surface area contributed by atoms with E-state index in [-0.39, 0.29) is 23.3 Å². The fourth-order valence-electron chi connectivity index (χ4n) is 3.90. The van der Waals surface area contributed by atoms with Crippen LogP contribution in [-0.4, -0.2) is 45.8 Å². The summed E-state index contributed by atoms with van der Waals surface area (Å²) in [6.07, 6.45) is 9.50. The zero-order valence-electron chi connectivity index (χ0n) is 19.3. The van der Waals surface area contributed by atoms with Gasteiger partial charge in [0.15, 0.2) is 6.23 Å². The van der Waals surface area contributed by atoms with Crippen LogP contribution in [0.1, 0.15) is 65.8 Å². The minimum atomic E-state index is -0.101. The van der Waals surface area contributed by atoms with Gasteiger partial charge in [0.1, 0.15) is 17.4 Å². The molecular formula is C23H36N6OS. The lowest BCUT2D eigenvalue weighted by Crippen LogP contribution is -2.41. The van der Waals surface area contributed by atoms with Crippen molar-refractivity contribution in [3.8, 4) is 0 Å². The smallest absolute Gasteiger partial charge is 0.150 e. The van der Waals surface area contributed by atoms with Crippen LogP contribution in [0.5, 0.6) is 0 Å². The molecule has 0 saturated carbocycles. The normalized spacial score (nSPS) is 26.6. The molecular weight excluding hydrogens is 408 g/mol. The summed E-state index contributed by atoms with van der Waals surface area (Å²) in [5.74, 6) is 1.46. The molecule has 1 aromatic rings. The second-order valence-electron chi connectivity index (χ2n) is 9.89. The molecule has 4 rings (SSSR count). The summed E-state index contributed by atoms with van der Waals surface area (Å²) < 4.78 is 8.07. The highest BCUT2D eigenvalue weighted by molar-refractivity contribution is 8.09. The molecule has 7 nitrogen and oxygen atoms in total. The molecule has 3 aliphatic rings. The van der Waals surface area contributed by atoms with Crippen LogP contribution in [0.3, 0.4) is 0 Å². The number of fused-ring (bicyclic) bond motifs is 2. The molecule has 1 saturated heterocycles. The van der Waals surface area contributed by atoms with Crippen LogP contribution < -0.4 is 16.0 Å². The topological polar surface area (TPSA) is 75.5 Å². The van der Waals surface area contributed by atoms with Crippen LogP contribution in [0.15, 0.2) is 35.1 Å². The molecule has 0 amide bonds. The second kappa shape index (κ2) is 9.38. The molecule has 1 fully saturated rings. The predicted octanol–water partition coefficient (Wildman–Crippen LogP) is 3.84. The minimum Gasteiger partial charge on any atom is -0.386 e. The first kappa shape index (κ1) is 22.4. The molecule has 0 aliphatic carbocycles. The first-order chi connectivity index (χ1) is 14.8. The lowest BCUT2D eigenvalue weighted by atomic mass is 10.1. The number of rotatable bonds is 5. The molecule has 0 radical (unpaired) electrons. The van der Waals surface area contributed by atoms with E-state index in [9.17, 15) is 0 Å². The molecule has 3 aliphatic heterocycles. The van der Waals surface area contributed by atoms with Crippen molar-refractivity contribution in [3.63, 3.8) is 0 Å². The van der Waals surface area contributed by atoms with Crippen LogP contribution in [0.4, 0.5) is 0 Å². The molecule has 0 spiro atoms. The first-order valence-electron chi connectivity index (χ1n) is 11.4. The van der Waals surface area contributed by atoms with Gasteiger partial charge in [-0.15, -0.1) is 0 Å². The lowest BCUT2D eigenvalue weighted by molar-refractivity contribution is -0.0398. The molecule has 8 heteroatoms. The third-order valence-electron chi connectivity index (χ3n) is 5.30. The Kier molecular flexibility index (Phi) is 6.79. The number of nitrogens with zero attached hydrogens (tertiary/aromatic N) is 3. The fourth-order valence-corrected chi connectivity index (χ4v) is 5.13. The summed E-state index contributed by atoms with van der Waals surface area (Å²) in [6.45, 7) is 12.7. The molecule has 170 valence electrons. The Balaban J connectivity index is 1.64. The average molecular weight is 445 g/mol. The van der Waals surface area contributed by atoms with Crippen LogP contribution in [0.25, 0.3) is 4.91 Å². The van der Waals surface area contributed by atoms with E-state index in [0.717, 1.165) is 43.2 Å². The van der Waals surface area contributed by atoms with Crippen LogP contribution in [0.2, 0.25) is 0 Å². The Morgan fingerprint density at radius 1 is 1.32 bits per heavy atom. The lowest BCUT2D eigenvalue weighted by Gasteiger charge is -2.30. The third-order valence-corrected chi connectivity index (χ3v) is 6.52. The molecule has 3 unspecified atom stereocenters. The first-order valence-corrected chi connectivity index (χ1v) is 12.3. The number of hydrogen-bond donors (Lipinski definition) is 3. The predicted molar refractivity (Wildman–Crippen MR) is 129 cm³/mol. The Morgan fingerprint density at radius 3 is 2.87 bits per heavy atom. The van der Waals surface area contributed by atoms with Crippen molar-refractivity contribution in [1.82, 2.24) is 25.7 Å². The van der Waals surface area contributed by atoms with Crippen molar-refractivity contribution < 1.29 is 4.74 Å². The van der Waals surface area contributed by atoms with E-state index in [1.165, 1.54) is 11.3 Å². The van der Waals surface area contributed by atoms with E-state index in [1.807, 2.05) is 18.0 Å². The van der Waals surface area contributed by atoms with Crippen molar-refractivity contribution in [2.45, 2.75) is 77.2 Å². The third kappa shape index (κ3) is 5.73. The highest BCUT2D eigenvalue weighted by atomic mass is 32.2. The highest BCUT2D eigenvalue weighted by Gasteiger charge is 2.31. The van der Waals surface area contributed by atoms with Crippen molar-refractivity contribution in [2.24, 2.45) is 10.9 Å². The standard InChI is InChI=1S/C23H36N6OS/c1-15(2)14-24-16-12-20(28-23(3,4)5)26-19-13-18(31-22(16)27-19)17-9-10-25-29(17)21-8-6-7-11-30-21/h9-10,12-13,15,19,21-22,24,27H,6-8,11,14H2,1-5H3,(H,26,28). The van der Waals surface area contributed by atoms with Crippen molar-refractivity contribution in [1.29, 1.82) is 0 Å². The quantitative estimate of drug-likeness (QED) is 0.641. The maximum Gasteiger partial charge on any atom is 0.150 e. The number of nitrogens with one attached hydrogen (secondary N) is 3. The van der Waals surface area contributed by atoms with Gasteiger partial charge < -0.3 is 15.4 Å². The van der Waals surface area contributed by atoms with E-state index in [2.05, 4.69) is 78.6 Å². The molecule has 1 aromatic heterocycles. The fraction of sp³-hybridized carbons (Fsp3) is 0.652. The van der Waals surface area contributed by atoms with Gasteiger partial charge in [0.05, 0.1) is 5.69 Å². The van der Waals surface area contributed by atoms with Gasteiger partial charge in [-0.05, 0) is 58.1 Å². The number of thioether (sulfide) groups is 1. The van der Waals surface area contributed by atoms with Gasteiger partial charge in [0, 0.05) is 41.6 Å². The maximum atomic E-state index is 6.02. The Bertz CT molecular complexity index is 860. The zero-order valence-corrected chi connectivity index (χ0v) is 20.1. The Labute approximate surface area is 190 Å². The van der Waals surface area contributed by atoms with E-state index in [0.29, 0.717) is 5.92 Å². The van der Waals surface area contributed by atoms with Crippen LogP contribution in [-0.2, 0) is 4.74 Å². The van der Waals surface area contributed by atoms with Gasteiger partial charge in [0.2, 0.25) is 0 Å². The minimum absolute atomic E-state index is 0.0212. The summed E-state index contributed by atoms with van der Waals surface area (Å²) in [5.41, 5.74) is 2.20. The summed E-state index contributed by atoms with van der Waals surface area (Å²) in [7, 11) is 0. The van der Waals surface area contributed by atoms with Crippen LogP contribution in [0, 0.1) is 5.92 Å². The maximum absolute atomic E-state index is 6.02. The highest BCUT2D eigenvalue weighted by Crippen LogP contribution is 2.39. The second-order valence-corrected chi connectivity index (χ2v) is 11.0. The molecule has 31 heavy (non-hydrogen) atoms. The van der Waals surface area contributed by atoms with Gasteiger partial charge in [-0.25, -0.2) is 9.67 Å². The van der Waals surface area contributed by atoms with Gasteiger partial charge in [0.25, 0.3) is 0 Å².